The van der Waals surface area contributed by atoms with Crippen LogP contribution in [0.3, 0.4) is 0 Å². The van der Waals surface area contributed by atoms with Crippen molar-refractivity contribution in [3.63, 3.8) is 0 Å². The summed E-state index contributed by atoms with van der Waals surface area (Å²) in [5.41, 5.74) is -0.217. The Morgan fingerprint density at radius 3 is 2.50 bits per heavy atom. The maximum absolute atomic E-state index is 13.1. The van der Waals surface area contributed by atoms with Gasteiger partial charge in [-0.25, -0.2) is 4.79 Å². The Morgan fingerprint density at radius 2 is 1.91 bits per heavy atom. The zero-order chi connectivity index (χ0) is 24.4. The van der Waals surface area contributed by atoms with Gasteiger partial charge in [0.2, 0.25) is 5.91 Å². The van der Waals surface area contributed by atoms with Crippen LogP contribution in [0.5, 0.6) is 5.75 Å². The Morgan fingerprint density at radius 1 is 1.22 bits per heavy atom. The maximum Gasteiger partial charge on any atom is 0.343 e. The third-order valence-electron chi connectivity index (χ3n) is 4.95. The van der Waals surface area contributed by atoms with E-state index in [-0.39, 0.29) is 25.3 Å². The fourth-order valence-electron chi connectivity index (χ4n) is 2.72. The van der Waals surface area contributed by atoms with Gasteiger partial charge in [-0.2, -0.15) is 0 Å². The smallest absolute Gasteiger partial charge is 0.343 e. The van der Waals surface area contributed by atoms with Gasteiger partial charge in [0, 0.05) is 36.0 Å². The van der Waals surface area contributed by atoms with E-state index >= 15 is 0 Å². The van der Waals surface area contributed by atoms with Crippen LogP contribution in [0.25, 0.3) is 0 Å². The highest BCUT2D eigenvalue weighted by molar-refractivity contribution is 7.99. The molecule has 0 aromatic heterocycles. The normalized spacial score (nSPS) is 13.7. The lowest BCUT2D eigenvalue weighted by Crippen LogP contribution is -2.44. The molecule has 0 bridgehead atoms. The molecule has 1 N–H and O–H groups in total. The number of esters is 1. The Balaban J connectivity index is 2.83. The number of benzene rings is 1. The lowest BCUT2D eigenvalue weighted by Gasteiger charge is -2.28. The van der Waals surface area contributed by atoms with Gasteiger partial charge in [0.15, 0.2) is 5.60 Å². The van der Waals surface area contributed by atoms with Crippen LogP contribution in [0.4, 0.5) is 0 Å². The summed E-state index contributed by atoms with van der Waals surface area (Å²) in [6, 6.07) is 7.41. The van der Waals surface area contributed by atoms with Crippen molar-refractivity contribution in [2.75, 3.05) is 33.8 Å². The van der Waals surface area contributed by atoms with Crippen molar-refractivity contribution >= 4 is 23.8 Å². The summed E-state index contributed by atoms with van der Waals surface area (Å²) in [5.74, 6) is -0.0160. The number of amides is 1. The molecular weight excluding hydrogens is 430 g/mol. The van der Waals surface area contributed by atoms with Gasteiger partial charge in [0.1, 0.15) is 5.75 Å². The molecule has 0 spiro atoms. The summed E-state index contributed by atoms with van der Waals surface area (Å²) >= 11 is 0.873. The van der Waals surface area contributed by atoms with E-state index in [1.54, 1.807) is 13.0 Å². The van der Waals surface area contributed by atoms with Crippen molar-refractivity contribution in [1.82, 2.24) is 10.2 Å². The van der Waals surface area contributed by atoms with E-state index in [2.05, 4.69) is 23.7 Å². The lowest BCUT2D eigenvalue weighted by atomic mass is 9.99. The van der Waals surface area contributed by atoms with E-state index < -0.39 is 16.3 Å². The van der Waals surface area contributed by atoms with E-state index in [0.29, 0.717) is 24.8 Å². The number of ether oxygens (including phenoxy) is 2. The molecule has 0 saturated heterocycles. The number of carbonyl (C=O) groups excluding carboxylic acids is 2. The molecule has 1 rings (SSSR count). The summed E-state index contributed by atoms with van der Waals surface area (Å²) < 4.78 is 13.9. The molecule has 0 saturated carbocycles. The van der Waals surface area contributed by atoms with Crippen molar-refractivity contribution < 1.29 is 19.1 Å². The highest BCUT2D eigenvalue weighted by Gasteiger charge is 2.37. The van der Waals surface area contributed by atoms with E-state index in [1.165, 1.54) is 0 Å². The monoisotopic (exact) mass is 467 g/mol. The molecule has 0 radical (unpaired) electrons. The largest absolute Gasteiger partial charge is 0.424 e. The van der Waals surface area contributed by atoms with Gasteiger partial charge >= 0.3 is 5.97 Å². The van der Waals surface area contributed by atoms with E-state index in [4.69, 9.17) is 9.47 Å². The predicted octanol–water partition coefficient (Wildman–Crippen LogP) is 4.14. The molecule has 1 aromatic carbocycles. The van der Waals surface area contributed by atoms with Crippen LogP contribution in [0, 0.1) is 4.91 Å². The minimum Gasteiger partial charge on any atom is -0.424 e. The first-order chi connectivity index (χ1) is 14.9. The number of hydrogen-bond donors (Lipinski definition) is 1. The average Bonchev–Trinajstić information content (AvgIpc) is 2.70. The number of hydrogen-bond acceptors (Lipinski definition) is 8. The summed E-state index contributed by atoms with van der Waals surface area (Å²) in [6.45, 7) is 10.7. The number of nitrogens with one attached hydrogen (secondary N) is 1. The molecule has 0 fully saturated rings. The van der Waals surface area contributed by atoms with Crippen LogP contribution in [-0.2, 0) is 14.3 Å². The van der Waals surface area contributed by atoms with Crippen molar-refractivity contribution in [3.8, 4) is 5.75 Å². The Labute approximate surface area is 195 Å². The van der Waals surface area contributed by atoms with Crippen LogP contribution in [0.2, 0.25) is 0 Å². The topological polar surface area (TPSA) is 97.3 Å². The first-order valence-corrected chi connectivity index (χ1v) is 11.5. The molecule has 1 amide bonds. The van der Waals surface area contributed by atoms with E-state index in [9.17, 15) is 14.5 Å². The highest BCUT2D eigenvalue weighted by Crippen LogP contribution is 2.26. The molecule has 0 heterocycles. The van der Waals surface area contributed by atoms with Gasteiger partial charge in [-0.3, -0.25) is 4.79 Å². The average molecular weight is 468 g/mol. The second-order valence-electron chi connectivity index (χ2n) is 9.20. The number of rotatable bonds is 14. The molecule has 1 aromatic rings. The molecule has 180 valence electrons. The molecule has 32 heavy (non-hydrogen) atoms. The fourth-order valence-corrected chi connectivity index (χ4v) is 3.06. The summed E-state index contributed by atoms with van der Waals surface area (Å²) in [6.07, 6.45) is 0.239. The Bertz CT molecular complexity index is 770. The van der Waals surface area contributed by atoms with Crippen LogP contribution in [0.1, 0.15) is 58.9 Å². The molecule has 0 aliphatic heterocycles. The van der Waals surface area contributed by atoms with Crippen molar-refractivity contribution in [3.05, 3.63) is 34.7 Å². The molecule has 0 aliphatic rings. The number of carbonyl (C=O) groups is 2. The number of likely N-dealkylation sites (N-methyl/N-ethyl adjacent to an activating group) is 1. The Kier molecular flexibility index (Phi) is 11.3. The Hall–Kier alpha value is -1.97. The molecule has 8 nitrogen and oxygen atoms in total. The zero-order valence-electron chi connectivity index (χ0n) is 20.3. The molecule has 9 heteroatoms. The summed E-state index contributed by atoms with van der Waals surface area (Å²) in [5, 5.41) is 2.79. The molecule has 1 unspecified atom stereocenters. The van der Waals surface area contributed by atoms with Gasteiger partial charge in [-0.05, 0) is 64.9 Å². The fraction of sp³-hybridized carbons (Fsp3) is 0.652. The first kappa shape index (κ1) is 28.1. The molecule has 1 atom stereocenters. The van der Waals surface area contributed by atoms with Crippen LogP contribution >= 0.6 is 11.9 Å². The maximum atomic E-state index is 13.1. The van der Waals surface area contributed by atoms with Gasteiger partial charge in [-0.15, -0.1) is 4.91 Å². The summed E-state index contributed by atoms with van der Waals surface area (Å²) in [4.78, 5) is 37.9. The number of nitroso groups, excluding NO2 is 1. The summed E-state index contributed by atoms with van der Waals surface area (Å²) in [7, 11) is 3.83. The van der Waals surface area contributed by atoms with Crippen molar-refractivity contribution in [2.24, 2.45) is 4.58 Å². The van der Waals surface area contributed by atoms with Gasteiger partial charge in [0.05, 0.1) is 11.4 Å². The van der Waals surface area contributed by atoms with E-state index in [1.807, 2.05) is 51.0 Å². The minimum atomic E-state index is -1.28. The SMILES string of the molecule is CC(C)c1cccc(OC(=O)C(C)(CCC(=O)NCC(C)(C)SN=O)OCCN(C)C)c1. The van der Waals surface area contributed by atoms with Crippen LogP contribution < -0.4 is 10.1 Å². The first-order valence-electron chi connectivity index (χ1n) is 10.8. The standard InChI is InChI=1S/C23H37N3O5S/c1-17(2)18-9-8-10-19(15-18)31-21(28)23(5,30-14-13-26(6)7)12-11-20(27)24-16-22(3,4)32-25-29/h8-10,15,17H,11-14,16H2,1-7H3,(H,24,27). The zero-order valence-corrected chi connectivity index (χ0v) is 21.1. The lowest BCUT2D eigenvalue weighted by molar-refractivity contribution is -0.162. The predicted molar refractivity (Wildman–Crippen MR) is 129 cm³/mol. The molecular formula is C23H37N3O5S. The van der Waals surface area contributed by atoms with Crippen LogP contribution in [-0.4, -0.2) is 60.9 Å². The van der Waals surface area contributed by atoms with Gasteiger partial charge in [-0.1, -0.05) is 26.0 Å². The minimum absolute atomic E-state index is 0.0782. The van der Waals surface area contributed by atoms with Crippen molar-refractivity contribution in [1.29, 1.82) is 0 Å². The third kappa shape index (κ3) is 10.1. The van der Waals surface area contributed by atoms with Crippen molar-refractivity contribution in [2.45, 2.75) is 63.7 Å². The second-order valence-corrected chi connectivity index (χ2v) is 10.6. The molecule has 0 aliphatic carbocycles. The van der Waals surface area contributed by atoms with E-state index in [0.717, 1.165) is 17.5 Å². The van der Waals surface area contributed by atoms with Crippen LogP contribution in [0.15, 0.2) is 28.8 Å². The van der Waals surface area contributed by atoms with Gasteiger partial charge < -0.3 is 19.7 Å². The quantitative estimate of drug-likeness (QED) is 0.190. The number of nitrogens with zero attached hydrogens (tertiary/aromatic N) is 2. The second kappa shape index (κ2) is 12.9. The highest BCUT2D eigenvalue weighted by atomic mass is 32.2. The van der Waals surface area contributed by atoms with Gasteiger partial charge in [0.25, 0.3) is 0 Å². The third-order valence-corrected chi connectivity index (χ3v) is 5.66.